The fraction of sp³-hybridized carbons (Fsp3) is 0.750. The van der Waals surface area contributed by atoms with Gasteiger partial charge in [0.15, 0.2) is 0 Å². The average molecular weight is 307 g/mol. The predicted octanol–water partition coefficient (Wildman–Crippen LogP) is 0.808. The maximum absolute atomic E-state index is 13.0. The van der Waals surface area contributed by atoms with Crippen molar-refractivity contribution in [1.29, 1.82) is 0 Å². The molecule has 1 unspecified atom stereocenters. The van der Waals surface area contributed by atoms with E-state index in [0.29, 0.717) is 0 Å². The number of nitrogens with one attached hydrogen (secondary N) is 2. The zero-order valence-electron chi connectivity index (χ0n) is 14.0. The van der Waals surface area contributed by atoms with E-state index in [1.165, 1.54) is 0 Å². The number of carbonyl (C=O) groups excluding carboxylic acids is 1. The highest BCUT2D eigenvalue weighted by atomic mass is 16.2. The lowest BCUT2D eigenvalue weighted by Crippen LogP contribution is -2.57. The van der Waals surface area contributed by atoms with Gasteiger partial charge >= 0.3 is 0 Å². The van der Waals surface area contributed by atoms with Crippen LogP contribution in [0, 0.1) is 0 Å². The molecule has 2 N–H and O–H groups in total. The molecule has 2 heterocycles. The van der Waals surface area contributed by atoms with Crippen LogP contribution in [0.1, 0.15) is 33.6 Å². The van der Waals surface area contributed by atoms with Crippen LogP contribution in [0.5, 0.6) is 0 Å². The maximum Gasteiger partial charge on any atom is 0.248 e. The predicted molar refractivity (Wildman–Crippen MR) is 87.7 cm³/mol. The van der Waals surface area contributed by atoms with Crippen molar-refractivity contribution in [2.24, 2.45) is 0 Å². The highest BCUT2D eigenvalue weighted by Crippen LogP contribution is 2.27. The first kappa shape index (κ1) is 17.0. The van der Waals surface area contributed by atoms with Gasteiger partial charge < -0.3 is 15.5 Å². The molecule has 0 aromatic carbocycles. The minimum Gasteiger partial charge on any atom is -0.350 e. The van der Waals surface area contributed by atoms with Crippen LogP contribution in [-0.4, -0.2) is 59.4 Å². The van der Waals surface area contributed by atoms with Crippen molar-refractivity contribution in [3.8, 4) is 0 Å². The highest BCUT2D eigenvalue weighted by Gasteiger charge is 2.42. The molecule has 124 valence electrons. The Bertz CT molecular complexity index is 449. The van der Waals surface area contributed by atoms with Crippen LogP contribution in [0.3, 0.4) is 0 Å². The first-order chi connectivity index (χ1) is 10.6. The molecule has 0 saturated carbocycles. The van der Waals surface area contributed by atoms with E-state index in [4.69, 9.17) is 0 Å². The summed E-state index contributed by atoms with van der Waals surface area (Å²) in [6, 6.07) is 2.02. The van der Waals surface area contributed by atoms with Crippen molar-refractivity contribution >= 4 is 5.91 Å². The van der Waals surface area contributed by atoms with Gasteiger partial charge in [-0.15, -0.1) is 0 Å². The van der Waals surface area contributed by atoms with Gasteiger partial charge in [0.25, 0.3) is 0 Å². The van der Waals surface area contributed by atoms with Crippen molar-refractivity contribution in [2.75, 3.05) is 32.7 Å². The van der Waals surface area contributed by atoms with Crippen molar-refractivity contribution in [3.63, 3.8) is 0 Å². The number of amides is 1. The Morgan fingerprint density at radius 1 is 1.41 bits per heavy atom. The molecule has 6 nitrogen and oxygen atoms in total. The third kappa shape index (κ3) is 3.67. The van der Waals surface area contributed by atoms with Gasteiger partial charge in [0.2, 0.25) is 5.91 Å². The van der Waals surface area contributed by atoms with E-state index in [1.807, 2.05) is 16.9 Å². The molecular weight excluding hydrogens is 278 g/mol. The van der Waals surface area contributed by atoms with Crippen molar-refractivity contribution in [3.05, 3.63) is 18.5 Å². The van der Waals surface area contributed by atoms with Crippen molar-refractivity contribution < 1.29 is 4.79 Å². The van der Waals surface area contributed by atoms with E-state index in [9.17, 15) is 4.79 Å². The highest BCUT2D eigenvalue weighted by molar-refractivity contribution is 5.84. The summed E-state index contributed by atoms with van der Waals surface area (Å²) in [4.78, 5) is 15.3. The SMILES string of the molecule is CCN(CC)CC(C)NC(=O)C1(n2cccn2)CCNCC1. The summed E-state index contributed by atoms with van der Waals surface area (Å²) >= 11 is 0. The lowest BCUT2D eigenvalue weighted by atomic mass is 9.87. The zero-order chi connectivity index (χ0) is 16.0. The van der Waals surface area contributed by atoms with Gasteiger partial charge in [0.05, 0.1) is 0 Å². The molecule has 1 atom stereocenters. The number of carbonyl (C=O) groups is 1. The van der Waals surface area contributed by atoms with E-state index >= 15 is 0 Å². The molecule has 22 heavy (non-hydrogen) atoms. The molecule has 0 spiro atoms. The smallest absolute Gasteiger partial charge is 0.248 e. The second kappa shape index (κ2) is 7.74. The minimum atomic E-state index is -0.549. The lowest BCUT2D eigenvalue weighted by Gasteiger charge is -2.37. The largest absolute Gasteiger partial charge is 0.350 e. The maximum atomic E-state index is 13.0. The van der Waals surface area contributed by atoms with Gasteiger partial charge in [-0.2, -0.15) is 5.10 Å². The number of nitrogens with zero attached hydrogens (tertiary/aromatic N) is 3. The first-order valence-corrected chi connectivity index (χ1v) is 8.36. The number of hydrogen-bond acceptors (Lipinski definition) is 4. The van der Waals surface area contributed by atoms with E-state index in [-0.39, 0.29) is 11.9 Å². The van der Waals surface area contributed by atoms with E-state index < -0.39 is 5.54 Å². The Hall–Kier alpha value is -1.40. The Kier molecular flexibility index (Phi) is 5.97. The summed E-state index contributed by atoms with van der Waals surface area (Å²) in [5.74, 6) is 0.0948. The van der Waals surface area contributed by atoms with Gasteiger partial charge in [-0.05, 0) is 52.0 Å². The van der Waals surface area contributed by atoms with E-state index in [0.717, 1.165) is 45.6 Å². The van der Waals surface area contributed by atoms with E-state index in [2.05, 4.69) is 41.4 Å². The number of rotatable bonds is 7. The number of piperidine rings is 1. The molecule has 1 aromatic heterocycles. The normalized spacial score (nSPS) is 19.1. The van der Waals surface area contributed by atoms with Crippen LogP contribution in [0.15, 0.2) is 18.5 Å². The summed E-state index contributed by atoms with van der Waals surface area (Å²) < 4.78 is 1.84. The lowest BCUT2D eigenvalue weighted by molar-refractivity contribution is -0.132. The Morgan fingerprint density at radius 2 is 2.09 bits per heavy atom. The summed E-state index contributed by atoms with van der Waals surface area (Å²) in [7, 11) is 0. The van der Waals surface area contributed by atoms with Crippen LogP contribution in [0.2, 0.25) is 0 Å². The van der Waals surface area contributed by atoms with E-state index in [1.54, 1.807) is 6.20 Å². The molecule has 1 aromatic rings. The quantitative estimate of drug-likeness (QED) is 0.782. The van der Waals surface area contributed by atoms with Crippen LogP contribution in [0.4, 0.5) is 0 Å². The topological polar surface area (TPSA) is 62.2 Å². The second-order valence-electron chi connectivity index (χ2n) is 6.09. The fourth-order valence-corrected chi connectivity index (χ4v) is 3.20. The summed E-state index contributed by atoms with van der Waals surface area (Å²) in [6.07, 6.45) is 5.20. The molecule has 0 bridgehead atoms. The molecule has 1 saturated heterocycles. The van der Waals surface area contributed by atoms with Gasteiger partial charge in [-0.25, -0.2) is 0 Å². The standard InChI is InChI=1S/C16H29N5O/c1-4-20(5-2)13-14(3)19-15(22)16(7-10-17-11-8-16)21-12-6-9-18-21/h6,9,12,14,17H,4-5,7-8,10-11,13H2,1-3H3,(H,19,22). The molecule has 0 aliphatic carbocycles. The zero-order valence-corrected chi connectivity index (χ0v) is 14.0. The molecule has 0 radical (unpaired) electrons. The molecule has 2 rings (SSSR count). The minimum absolute atomic E-state index is 0.0948. The number of hydrogen-bond donors (Lipinski definition) is 2. The summed E-state index contributed by atoms with van der Waals surface area (Å²) in [5, 5.41) is 10.9. The van der Waals surface area contributed by atoms with Crippen LogP contribution < -0.4 is 10.6 Å². The molecule has 6 heteroatoms. The van der Waals surface area contributed by atoms with Gasteiger partial charge in [0, 0.05) is 25.0 Å². The van der Waals surface area contributed by atoms with Gasteiger partial charge in [0.1, 0.15) is 5.54 Å². The molecular formula is C16H29N5O. The number of aromatic nitrogens is 2. The Labute approximate surface area is 133 Å². The first-order valence-electron chi connectivity index (χ1n) is 8.36. The second-order valence-corrected chi connectivity index (χ2v) is 6.09. The van der Waals surface area contributed by atoms with Gasteiger partial charge in [-0.1, -0.05) is 13.8 Å². The third-order valence-corrected chi connectivity index (χ3v) is 4.60. The average Bonchev–Trinajstić information content (AvgIpc) is 3.08. The van der Waals surface area contributed by atoms with Gasteiger partial charge in [-0.3, -0.25) is 9.48 Å². The van der Waals surface area contributed by atoms with Crippen molar-refractivity contribution in [2.45, 2.75) is 45.2 Å². The van der Waals surface area contributed by atoms with Crippen LogP contribution in [-0.2, 0) is 10.3 Å². The Morgan fingerprint density at radius 3 is 2.64 bits per heavy atom. The fourth-order valence-electron chi connectivity index (χ4n) is 3.20. The van der Waals surface area contributed by atoms with Crippen molar-refractivity contribution in [1.82, 2.24) is 25.3 Å². The third-order valence-electron chi connectivity index (χ3n) is 4.60. The molecule has 1 amide bonds. The Balaban J connectivity index is 2.07. The number of likely N-dealkylation sites (N-methyl/N-ethyl adjacent to an activating group) is 1. The summed E-state index contributed by atoms with van der Waals surface area (Å²) in [5.41, 5.74) is -0.549. The molecule has 1 aliphatic heterocycles. The summed E-state index contributed by atoms with van der Waals surface area (Å²) in [6.45, 7) is 11.0. The monoisotopic (exact) mass is 307 g/mol. The van der Waals surface area contributed by atoms with Crippen LogP contribution >= 0.6 is 0 Å². The molecule has 1 fully saturated rings. The van der Waals surface area contributed by atoms with Crippen LogP contribution in [0.25, 0.3) is 0 Å². The molecule has 1 aliphatic rings.